The lowest BCUT2D eigenvalue weighted by molar-refractivity contribution is 0.0947. The largest absolute Gasteiger partial charge is 0.361 e. The highest BCUT2D eigenvalue weighted by molar-refractivity contribution is 7.98. The number of pyridine rings is 1. The fraction of sp³-hybridized carbons (Fsp3) is 0.211. The first-order chi connectivity index (χ1) is 12.5. The van der Waals surface area contributed by atoms with Crippen molar-refractivity contribution in [2.45, 2.75) is 31.2 Å². The molecule has 134 valence electrons. The maximum Gasteiger partial charge on any atom is 0.254 e. The molecule has 7 heteroatoms. The summed E-state index contributed by atoms with van der Waals surface area (Å²) in [6, 6.07) is 9.60. The molecule has 0 aliphatic carbocycles. The van der Waals surface area contributed by atoms with Gasteiger partial charge in [0.25, 0.3) is 5.91 Å². The second kappa shape index (κ2) is 8.14. The summed E-state index contributed by atoms with van der Waals surface area (Å²) in [7, 11) is 0. The van der Waals surface area contributed by atoms with E-state index in [1.165, 1.54) is 23.9 Å². The zero-order valence-electron chi connectivity index (χ0n) is 14.5. The molecule has 0 saturated heterocycles. The van der Waals surface area contributed by atoms with E-state index in [0.29, 0.717) is 21.9 Å². The highest BCUT2D eigenvalue weighted by Gasteiger charge is 2.15. The molecule has 0 atom stereocenters. The van der Waals surface area contributed by atoms with E-state index in [-0.39, 0.29) is 18.3 Å². The molecule has 0 bridgehead atoms. The van der Waals surface area contributed by atoms with Crippen LogP contribution >= 0.6 is 11.8 Å². The van der Waals surface area contributed by atoms with Crippen LogP contribution in [0.25, 0.3) is 0 Å². The van der Waals surface area contributed by atoms with Crippen LogP contribution in [0.15, 0.2) is 52.1 Å². The van der Waals surface area contributed by atoms with Crippen LogP contribution in [0.1, 0.15) is 32.9 Å². The highest BCUT2D eigenvalue weighted by atomic mass is 32.2. The number of benzene rings is 1. The average Bonchev–Trinajstić information content (AvgIpc) is 2.96. The van der Waals surface area contributed by atoms with Gasteiger partial charge in [-0.15, -0.1) is 11.8 Å². The van der Waals surface area contributed by atoms with Gasteiger partial charge in [-0.25, -0.2) is 9.37 Å². The van der Waals surface area contributed by atoms with Crippen molar-refractivity contribution in [1.82, 2.24) is 15.5 Å². The van der Waals surface area contributed by atoms with E-state index in [4.69, 9.17) is 4.52 Å². The van der Waals surface area contributed by atoms with Crippen molar-refractivity contribution in [3.05, 3.63) is 76.6 Å². The summed E-state index contributed by atoms with van der Waals surface area (Å²) < 4.78 is 18.4. The number of nitrogens with zero attached hydrogens (tertiary/aromatic N) is 2. The summed E-state index contributed by atoms with van der Waals surface area (Å²) in [6.07, 6.45) is 1.65. The van der Waals surface area contributed by atoms with Crippen LogP contribution in [0.3, 0.4) is 0 Å². The normalized spacial score (nSPS) is 10.7. The molecule has 3 rings (SSSR count). The van der Waals surface area contributed by atoms with Gasteiger partial charge in [0.1, 0.15) is 16.6 Å². The Labute approximate surface area is 155 Å². The number of aromatic nitrogens is 2. The maximum atomic E-state index is 13.2. The van der Waals surface area contributed by atoms with Gasteiger partial charge >= 0.3 is 0 Å². The molecular weight excluding hydrogens is 353 g/mol. The van der Waals surface area contributed by atoms with Crippen molar-refractivity contribution in [2.24, 2.45) is 0 Å². The summed E-state index contributed by atoms with van der Waals surface area (Å²) >= 11 is 1.45. The Kier molecular flexibility index (Phi) is 5.68. The number of nitrogens with one attached hydrogen (secondary N) is 1. The molecule has 26 heavy (non-hydrogen) atoms. The van der Waals surface area contributed by atoms with E-state index in [2.05, 4.69) is 15.5 Å². The van der Waals surface area contributed by atoms with Gasteiger partial charge in [0, 0.05) is 24.1 Å². The van der Waals surface area contributed by atoms with Gasteiger partial charge < -0.3 is 9.84 Å². The molecule has 2 aromatic heterocycles. The smallest absolute Gasteiger partial charge is 0.254 e. The van der Waals surface area contributed by atoms with Crippen molar-refractivity contribution in [3.8, 4) is 0 Å². The lowest BCUT2D eigenvalue weighted by Crippen LogP contribution is -2.23. The lowest BCUT2D eigenvalue weighted by atomic mass is 10.2. The Morgan fingerprint density at radius 1 is 1.27 bits per heavy atom. The fourth-order valence-electron chi connectivity index (χ4n) is 2.45. The maximum absolute atomic E-state index is 13.2. The first kappa shape index (κ1) is 18.1. The molecule has 2 heterocycles. The standard InChI is InChI=1S/C19H18FN3O2S/c1-12-17(13(2)25-23-12)11-26-19-16(7-4-8-21-19)18(24)22-10-14-5-3-6-15(20)9-14/h3-9H,10-11H2,1-2H3,(H,22,24). The molecule has 0 fully saturated rings. The topological polar surface area (TPSA) is 68.0 Å². The molecule has 0 spiro atoms. The molecule has 1 N–H and O–H groups in total. The van der Waals surface area contributed by atoms with Crippen molar-refractivity contribution in [2.75, 3.05) is 0 Å². The molecule has 0 aliphatic heterocycles. The van der Waals surface area contributed by atoms with Crippen LogP contribution < -0.4 is 5.32 Å². The zero-order valence-corrected chi connectivity index (χ0v) is 15.3. The van der Waals surface area contributed by atoms with Crippen LogP contribution in [0.5, 0.6) is 0 Å². The van der Waals surface area contributed by atoms with Gasteiger partial charge in [0.15, 0.2) is 0 Å². The Bertz CT molecular complexity index is 907. The minimum Gasteiger partial charge on any atom is -0.361 e. The monoisotopic (exact) mass is 371 g/mol. The third-order valence-electron chi connectivity index (χ3n) is 3.89. The number of rotatable bonds is 6. The zero-order chi connectivity index (χ0) is 18.5. The average molecular weight is 371 g/mol. The molecule has 0 aliphatic rings. The molecular formula is C19H18FN3O2S. The number of aryl methyl sites for hydroxylation is 2. The third kappa shape index (κ3) is 4.29. The van der Waals surface area contributed by atoms with Crippen LogP contribution in [0.4, 0.5) is 4.39 Å². The predicted molar refractivity (Wildman–Crippen MR) is 97.3 cm³/mol. The summed E-state index contributed by atoms with van der Waals surface area (Å²) in [5.41, 5.74) is 3.03. The van der Waals surface area contributed by atoms with Crippen LogP contribution in [-0.2, 0) is 12.3 Å². The number of hydrogen-bond donors (Lipinski definition) is 1. The van der Waals surface area contributed by atoms with E-state index >= 15 is 0 Å². The minimum atomic E-state index is -0.325. The molecule has 0 saturated carbocycles. The number of amides is 1. The first-order valence-corrected chi connectivity index (χ1v) is 9.05. The van der Waals surface area contributed by atoms with Crippen LogP contribution in [-0.4, -0.2) is 16.0 Å². The van der Waals surface area contributed by atoms with E-state index in [1.54, 1.807) is 30.5 Å². The summed E-state index contributed by atoms with van der Waals surface area (Å²) in [5.74, 6) is 0.808. The van der Waals surface area contributed by atoms with E-state index in [1.807, 2.05) is 13.8 Å². The van der Waals surface area contributed by atoms with Crippen molar-refractivity contribution in [3.63, 3.8) is 0 Å². The molecule has 3 aromatic rings. The Morgan fingerprint density at radius 3 is 2.85 bits per heavy atom. The lowest BCUT2D eigenvalue weighted by Gasteiger charge is -2.09. The van der Waals surface area contributed by atoms with E-state index in [0.717, 1.165) is 17.0 Å². The van der Waals surface area contributed by atoms with E-state index < -0.39 is 0 Å². The predicted octanol–water partition coefficient (Wildman–Crippen LogP) is 4.05. The van der Waals surface area contributed by atoms with Gasteiger partial charge in [0.2, 0.25) is 0 Å². The van der Waals surface area contributed by atoms with Gasteiger partial charge in [0.05, 0.1) is 11.3 Å². The minimum absolute atomic E-state index is 0.247. The third-order valence-corrected chi connectivity index (χ3v) is 4.92. The summed E-state index contributed by atoms with van der Waals surface area (Å²) in [6.45, 7) is 4.00. The van der Waals surface area contributed by atoms with Crippen molar-refractivity contribution in [1.29, 1.82) is 0 Å². The van der Waals surface area contributed by atoms with Crippen LogP contribution in [0, 0.1) is 19.7 Å². The van der Waals surface area contributed by atoms with Gasteiger partial charge in [-0.1, -0.05) is 17.3 Å². The second-order valence-corrected chi connectivity index (χ2v) is 6.72. The Morgan fingerprint density at radius 2 is 2.12 bits per heavy atom. The van der Waals surface area contributed by atoms with Gasteiger partial charge in [-0.05, 0) is 43.7 Å². The number of hydrogen-bond acceptors (Lipinski definition) is 5. The first-order valence-electron chi connectivity index (χ1n) is 8.07. The molecule has 0 unspecified atom stereocenters. The van der Waals surface area contributed by atoms with Gasteiger partial charge in [-0.3, -0.25) is 4.79 Å². The quantitative estimate of drug-likeness (QED) is 0.662. The molecule has 1 aromatic carbocycles. The summed E-state index contributed by atoms with van der Waals surface area (Å²) in [4.78, 5) is 16.8. The highest BCUT2D eigenvalue weighted by Crippen LogP contribution is 2.27. The number of halogens is 1. The van der Waals surface area contributed by atoms with Gasteiger partial charge in [-0.2, -0.15) is 0 Å². The molecule has 0 radical (unpaired) electrons. The SMILES string of the molecule is Cc1noc(C)c1CSc1ncccc1C(=O)NCc1cccc(F)c1. The molecule has 1 amide bonds. The molecule has 5 nitrogen and oxygen atoms in total. The number of carbonyl (C=O) groups excluding carboxylic acids is 1. The van der Waals surface area contributed by atoms with Crippen LogP contribution in [0.2, 0.25) is 0 Å². The Balaban J connectivity index is 1.69. The number of thioether (sulfide) groups is 1. The van der Waals surface area contributed by atoms with Crippen molar-refractivity contribution >= 4 is 17.7 Å². The van der Waals surface area contributed by atoms with Crippen molar-refractivity contribution < 1.29 is 13.7 Å². The Hall–Kier alpha value is -2.67. The number of carbonyl (C=O) groups is 1. The second-order valence-electron chi connectivity index (χ2n) is 5.76. The summed E-state index contributed by atoms with van der Waals surface area (Å²) in [5, 5.41) is 7.38. The fourth-order valence-corrected chi connectivity index (χ4v) is 3.60. The van der Waals surface area contributed by atoms with E-state index in [9.17, 15) is 9.18 Å².